The van der Waals surface area contributed by atoms with Crippen LogP contribution in [0, 0.1) is 0 Å². The first-order valence-electron chi connectivity index (χ1n) is 6.38. The predicted molar refractivity (Wildman–Crippen MR) is 80.5 cm³/mol. The molecule has 3 N–H and O–H groups in total. The third kappa shape index (κ3) is 3.23. The molecule has 0 aliphatic carbocycles. The molecule has 0 spiro atoms. The van der Waals surface area contributed by atoms with E-state index in [9.17, 15) is 0 Å². The molecule has 1 heterocycles. The number of hydrogen-bond acceptors (Lipinski definition) is 3. The molecule has 0 bridgehead atoms. The second-order valence-electron chi connectivity index (χ2n) is 4.55. The quantitative estimate of drug-likeness (QED) is 0.657. The van der Waals surface area contributed by atoms with Crippen LogP contribution in [0.2, 0.25) is 0 Å². The molecular weight excluding hydrogens is 304 g/mol. The Hall–Kier alpha value is -1.17. The zero-order valence-electron chi connectivity index (χ0n) is 11.2. The van der Waals surface area contributed by atoms with Gasteiger partial charge in [-0.3, -0.25) is 16.0 Å². The van der Waals surface area contributed by atoms with Crippen molar-refractivity contribution in [2.75, 3.05) is 0 Å². The molecule has 1 aromatic heterocycles. The van der Waals surface area contributed by atoms with Crippen molar-refractivity contribution in [3.8, 4) is 0 Å². The van der Waals surface area contributed by atoms with Crippen molar-refractivity contribution in [3.05, 3.63) is 51.8 Å². The molecule has 0 aliphatic rings. The number of rotatable bonds is 5. The molecular formula is C14H19BrN4. The molecule has 1 atom stereocenters. The maximum atomic E-state index is 5.72. The first-order chi connectivity index (χ1) is 9.15. The summed E-state index contributed by atoms with van der Waals surface area (Å²) in [6.45, 7) is 2.10. The number of hydrazine groups is 1. The largest absolute Gasteiger partial charge is 0.271 e. The lowest BCUT2D eigenvalue weighted by molar-refractivity contribution is 0.507. The minimum absolute atomic E-state index is 0.0523. The van der Waals surface area contributed by atoms with Gasteiger partial charge in [0.15, 0.2) is 0 Å². The number of nitrogens with one attached hydrogen (secondary N) is 1. The summed E-state index contributed by atoms with van der Waals surface area (Å²) in [4.78, 5) is 0. The van der Waals surface area contributed by atoms with Crippen LogP contribution >= 0.6 is 15.9 Å². The molecule has 1 aromatic carbocycles. The molecule has 2 aromatic rings. The summed E-state index contributed by atoms with van der Waals surface area (Å²) < 4.78 is 3.01. The predicted octanol–water partition coefficient (Wildman–Crippen LogP) is 2.49. The molecule has 1 unspecified atom stereocenters. The fraction of sp³-hybridized carbons (Fsp3) is 0.357. The van der Waals surface area contributed by atoms with E-state index in [1.165, 1.54) is 5.56 Å². The van der Waals surface area contributed by atoms with Crippen molar-refractivity contribution in [2.45, 2.75) is 25.8 Å². The van der Waals surface area contributed by atoms with Crippen molar-refractivity contribution < 1.29 is 0 Å². The highest BCUT2D eigenvalue weighted by Gasteiger charge is 2.16. The molecule has 2 rings (SSSR count). The monoisotopic (exact) mass is 322 g/mol. The second kappa shape index (κ2) is 6.32. The zero-order chi connectivity index (χ0) is 13.8. The average molecular weight is 323 g/mol. The van der Waals surface area contributed by atoms with Crippen LogP contribution in [0.1, 0.15) is 29.9 Å². The summed E-state index contributed by atoms with van der Waals surface area (Å²) in [7, 11) is 1.96. The van der Waals surface area contributed by atoms with Crippen molar-refractivity contribution >= 4 is 15.9 Å². The van der Waals surface area contributed by atoms with Crippen LogP contribution in [-0.2, 0) is 19.9 Å². The summed E-state index contributed by atoms with van der Waals surface area (Å²) in [5.41, 5.74) is 6.31. The third-order valence-corrected chi connectivity index (χ3v) is 4.04. The second-order valence-corrected chi connectivity index (χ2v) is 5.41. The van der Waals surface area contributed by atoms with E-state index in [-0.39, 0.29) is 6.04 Å². The average Bonchev–Trinajstić information content (AvgIpc) is 2.79. The molecule has 0 amide bonds. The topological polar surface area (TPSA) is 55.9 Å². The van der Waals surface area contributed by atoms with Crippen LogP contribution in [0.15, 0.2) is 34.8 Å². The van der Waals surface area contributed by atoms with Gasteiger partial charge in [-0.15, -0.1) is 0 Å². The Morgan fingerprint density at radius 1 is 1.42 bits per heavy atom. The van der Waals surface area contributed by atoms with Gasteiger partial charge in [0.2, 0.25) is 0 Å². The molecule has 0 radical (unpaired) electrons. The molecule has 0 fully saturated rings. The SMILES string of the molecule is CCc1cc(C(Cc2ccccc2Br)NN)n(C)n1. The van der Waals surface area contributed by atoms with Gasteiger partial charge >= 0.3 is 0 Å². The fourth-order valence-corrected chi connectivity index (χ4v) is 2.62. The molecule has 4 nitrogen and oxygen atoms in total. The molecule has 102 valence electrons. The lowest BCUT2D eigenvalue weighted by Crippen LogP contribution is -2.31. The van der Waals surface area contributed by atoms with Gasteiger partial charge in [-0.05, 0) is 30.5 Å². The lowest BCUT2D eigenvalue weighted by atomic mass is 10.0. The summed E-state index contributed by atoms with van der Waals surface area (Å²) in [6.07, 6.45) is 1.75. The van der Waals surface area contributed by atoms with E-state index in [1.807, 2.05) is 29.9 Å². The summed E-state index contributed by atoms with van der Waals surface area (Å²) in [6, 6.07) is 10.4. The number of nitrogens with two attached hydrogens (primary N) is 1. The Morgan fingerprint density at radius 2 is 2.16 bits per heavy atom. The van der Waals surface area contributed by atoms with E-state index in [4.69, 9.17) is 5.84 Å². The van der Waals surface area contributed by atoms with E-state index in [2.05, 4.69) is 45.5 Å². The first kappa shape index (κ1) is 14.2. The van der Waals surface area contributed by atoms with Gasteiger partial charge < -0.3 is 0 Å². The number of nitrogens with zero attached hydrogens (tertiary/aromatic N) is 2. The van der Waals surface area contributed by atoms with Gasteiger partial charge in [0, 0.05) is 11.5 Å². The van der Waals surface area contributed by atoms with Gasteiger partial charge in [-0.1, -0.05) is 41.1 Å². The highest BCUT2D eigenvalue weighted by atomic mass is 79.9. The van der Waals surface area contributed by atoms with E-state index >= 15 is 0 Å². The highest BCUT2D eigenvalue weighted by Crippen LogP contribution is 2.23. The number of hydrogen-bond donors (Lipinski definition) is 2. The Kier molecular flexibility index (Phi) is 4.74. The van der Waals surface area contributed by atoms with Crippen LogP contribution in [0.25, 0.3) is 0 Å². The van der Waals surface area contributed by atoms with Crippen molar-refractivity contribution in [1.29, 1.82) is 0 Å². The Labute approximate surface area is 122 Å². The smallest absolute Gasteiger partial charge is 0.0669 e. The van der Waals surface area contributed by atoms with Crippen molar-refractivity contribution in [2.24, 2.45) is 12.9 Å². The van der Waals surface area contributed by atoms with Crippen LogP contribution in [0.4, 0.5) is 0 Å². The number of aromatic nitrogens is 2. The van der Waals surface area contributed by atoms with Gasteiger partial charge in [0.25, 0.3) is 0 Å². The van der Waals surface area contributed by atoms with Gasteiger partial charge in [0.1, 0.15) is 0 Å². The molecule has 0 saturated heterocycles. The summed E-state index contributed by atoms with van der Waals surface area (Å²) >= 11 is 3.57. The fourth-order valence-electron chi connectivity index (χ4n) is 2.18. The van der Waals surface area contributed by atoms with Gasteiger partial charge in [0.05, 0.1) is 17.4 Å². The van der Waals surface area contributed by atoms with Crippen LogP contribution in [0.3, 0.4) is 0 Å². The summed E-state index contributed by atoms with van der Waals surface area (Å²) in [5.74, 6) is 5.72. The van der Waals surface area contributed by atoms with E-state index in [0.29, 0.717) is 0 Å². The standard InChI is InChI=1S/C14H19BrN4/c1-3-11-9-14(19(2)18-11)13(17-16)8-10-6-4-5-7-12(10)15/h4-7,9,13,17H,3,8,16H2,1-2H3. The van der Waals surface area contributed by atoms with Crippen LogP contribution in [0.5, 0.6) is 0 Å². The lowest BCUT2D eigenvalue weighted by Gasteiger charge is -2.17. The highest BCUT2D eigenvalue weighted by molar-refractivity contribution is 9.10. The normalized spacial score (nSPS) is 12.6. The molecule has 0 aliphatic heterocycles. The Morgan fingerprint density at radius 3 is 2.74 bits per heavy atom. The molecule has 5 heteroatoms. The van der Waals surface area contributed by atoms with Crippen molar-refractivity contribution in [3.63, 3.8) is 0 Å². The van der Waals surface area contributed by atoms with Crippen molar-refractivity contribution in [1.82, 2.24) is 15.2 Å². The van der Waals surface area contributed by atoms with E-state index in [0.717, 1.165) is 28.7 Å². The molecule has 0 saturated carbocycles. The van der Waals surface area contributed by atoms with Crippen LogP contribution in [-0.4, -0.2) is 9.78 Å². The van der Waals surface area contributed by atoms with Gasteiger partial charge in [-0.2, -0.15) is 5.10 Å². The van der Waals surface area contributed by atoms with Crippen LogP contribution < -0.4 is 11.3 Å². The minimum Gasteiger partial charge on any atom is -0.271 e. The maximum absolute atomic E-state index is 5.72. The Balaban J connectivity index is 2.25. The van der Waals surface area contributed by atoms with E-state index < -0.39 is 0 Å². The Bertz CT molecular complexity index is 550. The van der Waals surface area contributed by atoms with Gasteiger partial charge in [-0.25, -0.2) is 0 Å². The zero-order valence-corrected chi connectivity index (χ0v) is 12.8. The molecule has 19 heavy (non-hydrogen) atoms. The third-order valence-electron chi connectivity index (χ3n) is 3.27. The maximum Gasteiger partial charge on any atom is 0.0669 e. The number of halogens is 1. The first-order valence-corrected chi connectivity index (χ1v) is 7.17. The summed E-state index contributed by atoms with van der Waals surface area (Å²) in [5, 5.41) is 4.47. The number of benzene rings is 1. The minimum atomic E-state index is 0.0523. The number of aryl methyl sites for hydroxylation is 2. The van der Waals surface area contributed by atoms with E-state index in [1.54, 1.807) is 0 Å².